The zero-order valence-corrected chi connectivity index (χ0v) is 18.7. The van der Waals surface area contributed by atoms with Crippen molar-refractivity contribution < 1.29 is 22.6 Å². The first kappa shape index (κ1) is 23.3. The summed E-state index contributed by atoms with van der Waals surface area (Å²) in [6.07, 6.45) is 0.905. The number of nitrogens with zero attached hydrogens (tertiary/aromatic N) is 5. The summed E-state index contributed by atoms with van der Waals surface area (Å²) in [5.41, 5.74) is 0.947. The van der Waals surface area contributed by atoms with E-state index in [0.29, 0.717) is 24.4 Å². The molecule has 1 fully saturated rings. The Morgan fingerprint density at radius 2 is 1.92 bits per heavy atom. The average molecular weight is 499 g/mol. The van der Waals surface area contributed by atoms with Gasteiger partial charge in [0.1, 0.15) is 5.75 Å². The first-order valence-electron chi connectivity index (χ1n) is 11.1. The van der Waals surface area contributed by atoms with E-state index in [1.165, 1.54) is 29.1 Å². The van der Waals surface area contributed by atoms with Gasteiger partial charge in [0, 0.05) is 30.6 Å². The number of rotatable bonds is 9. The van der Waals surface area contributed by atoms with Crippen molar-refractivity contribution in [2.24, 2.45) is 0 Å². The Bertz CT molecular complexity index is 1390. The average Bonchev–Trinajstić information content (AvgIpc) is 3.50. The molecule has 5 rings (SSSR count). The van der Waals surface area contributed by atoms with E-state index in [9.17, 15) is 18.0 Å². The number of anilines is 2. The number of aryl methyl sites for hydroxylation is 2. The SMILES string of the molecule is O=c1c(Nc2ccc(OC3CC3)cc2OC(F)(F)F)nccn1-c1ccc(CCc2nn[nH]n2)cc1. The molecule has 36 heavy (non-hydrogen) atoms. The minimum absolute atomic E-state index is 0.00379. The van der Waals surface area contributed by atoms with Gasteiger partial charge in [-0.2, -0.15) is 5.21 Å². The van der Waals surface area contributed by atoms with Gasteiger partial charge >= 0.3 is 6.36 Å². The van der Waals surface area contributed by atoms with Crippen LogP contribution in [0.4, 0.5) is 24.7 Å². The molecule has 0 saturated heterocycles. The molecular formula is C23H20F3N7O3. The third kappa shape index (κ3) is 5.79. The van der Waals surface area contributed by atoms with Crippen molar-refractivity contribution in [1.82, 2.24) is 30.2 Å². The molecule has 0 unspecified atom stereocenters. The number of aromatic nitrogens is 6. The van der Waals surface area contributed by atoms with Crippen molar-refractivity contribution in [1.29, 1.82) is 0 Å². The zero-order chi connectivity index (χ0) is 25.1. The second-order valence-corrected chi connectivity index (χ2v) is 8.09. The van der Waals surface area contributed by atoms with Crippen molar-refractivity contribution in [2.75, 3.05) is 5.32 Å². The van der Waals surface area contributed by atoms with Gasteiger partial charge in [-0.25, -0.2) is 4.98 Å². The molecule has 1 aliphatic rings. The molecule has 2 N–H and O–H groups in total. The van der Waals surface area contributed by atoms with Crippen LogP contribution in [0, 0.1) is 0 Å². The number of nitrogens with one attached hydrogen (secondary N) is 2. The number of tetrazole rings is 1. The van der Waals surface area contributed by atoms with Gasteiger partial charge in [-0.05, 0) is 49.1 Å². The highest BCUT2D eigenvalue weighted by Gasteiger charge is 2.33. The van der Waals surface area contributed by atoms with Crippen LogP contribution >= 0.6 is 0 Å². The quantitative estimate of drug-likeness (QED) is 0.358. The number of aromatic amines is 1. The fourth-order valence-corrected chi connectivity index (χ4v) is 3.46. The van der Waals surface area contributed by atoms with Gasteiger partial charge in [0.25, 0.3) is 5.56 Å². The van der Waals surface area contributed by atoms with Crippen LogP contribution in [0.3, 0.4) is 0 Å². The Balaban J connectivity index is 1.36. The third-order valence-corrected chi connectivity index (χ3v) is 5.34. The Labute approximate surface area is 202 Å². The molecule has 0 aliphatic heterocycles. The maximum atomic E-state index is 13.1. The molecule has 2 aromatic carbocycles. The Morgan fingerprint density at radius 1 is 1.11 bits per heavy atom. The fourth-order valence-electron chi connectivity index (χ4n) is 3.46. The third-order valence-electron chi connectivity index (χ3n) is 5.34. The maximum Gasteiger partial charge on any atom is 0.573 e. The molecule has 0 amide bonds. The van der Waals surface area contributed by atoms with Gasteiger partial charge in [-0.1, -0.05) is 17.3 Å². The minimum atomic E-state index is -4.93. The highest BCUT2D eigenvalue weighted by atomic mass is 19.4. The van der Waals surface area contributed by atoms with Crippen LogP contribution in [-0.4, -0.2) is 42.6 Å². The predicted molar refractivity (Wildman–Crippen MR) is 121 cm³/mol. The second kappa shape index (κ2) is 9.68. The number of hydrogen-bond donors (Lipinski definition) is 2. The lowest BCUT2D eigenvalue weighted by Gasteiger charge is -2.16. The van der Waals surface area contributed by atoms with Gasteiger partial charge in [0.15, 0.2) is 17.4 Å². The van der Waals surface area contributed by atoms with Crippen LogP contribution in [-0.2, 0) is 12.8 Å². The van der Waals surface area contributed by atoms with Crippen molar-refractivity contribution in [3.05, 3.63) is 76.6 Å². The normalized spacial score (nSPS) is 13.4. The summed E-state index contributed by atoms with van der Waals surface area (Å²) in [6.45, 7) is 0. The molecule has 186 valence electrons. The first-order chi connectivity index (χ1) is 17.3. The van der Waals surface area contributed by atoms with Crippen molar-refractivity contribution in [3.8, 4) is 17.2 Å². The van der Waals surface area contributed by atoms with Crippen LogP contribution in [0.5, 0.6) is 11.5 Å². The molecule has 0 spiro atoms. The zero-order valence-electron chi connectivity index (χ0n) is 18.7. The van der Waals surface area contributed by atoms with Gasteiger partial charge < -0.3 is 14.8 Å². The lowest BCUT2D eigenvalue weighted by Crippen LogP contribution is -2.22. The summed E-state index contributed by atoms with van der Waals surface area (Å²) < 4.78 is 50.1. The molecule has 10 nitrogen and oxygen atoms in total. The van der Waals surface area contributed by atoms with Crippen LogP contribution in [0.15, 0.2) is 59.7 Å². The molecular weight excluding hydrogens is 479 g/mol. The molecule has 0 atom stereocenters. The summed E-state index contributed by atoms with van der Waals surface area (Å²) in [4.78, 5) is 17.1. The lowest BCUT2D eigenvalue weighted by molar-refractivity contribution is -0.274. The summed E-state index contributed by atoms with van der Waals surface area (Å²) in [5.74, 6) is 0.158. The number of hydrogen-bond acceptors (Lipinski definition) is 8. The van der Waals surface area contributed by atoms with Crippen LogP contribution < -0.4 is 20.3 Å². The fraction of sp³-hybridized carbons (Fsp3) is 0.261. The van der Waals surface area contributed by atoms with E-state index in [-0.39, 0.29) is 23.4 Å². The topological polar surface area (TPSA) is 120 Å². The smallest absolute Gasteiger partial charge is 0.490 e. The summed E-state index contributed by atoms with van der Waals surface area (Å²) in [6, 6.07) is 11.3. The predicted octanol–water partition coefficient (Wildman–Crippen LogP) is 3.71. The van der Waals surface area contributed by atoms with E-state index in [1.54, 1.807) is 12.1 Å². The van der Waals surface area contributed by atoms with Crippen molar-refractivity contribution in [3.63, 3.8) is 0 Å². The summed E-state index contributed by atoms with van der Waals surface area (Å²) >= 11 is 0. The van der Waals surface area contributed by atoms with Gasteiger partial charge in [-0.3, -0.25) is 9.36 Å². The van der Waals surface area contributed by atoms with Gasteiger partial charge in [0.2, 0.25) is 0 Å². The first-order valence-corrected chi connectivity index (χ1v) is 11.1. The molecule has 2 heterocycles. The number of alkyl halides is 3. The molecule has 2 aromatic heterocycles. The van der Waals surface area contributed by atoms with Gasteiger partial charge in [-0.15, -0.1) is 23.4 Å². The Kier molecular flexibility index (Phi) is 6.27. The summed E-state index contributed by atoms with van der Waals surface area (Å²) in [7, 11) is 0. The largest absolute Gasteiger partial charge is 0.573 e. The highest BCUT2D eigenvalue weighted by Crippen LogP contribution is 2.36. The molecule has 1 aliphatic carbocycles. The highest BCUT2D eigenvalue weighted by molar-refractivity contribution is 5.65. The van der Waals surface area contributed by atoms with E-state index in [1.807, 2.05) is 12.1 Å². The summed E-state index contributed by atoms with van der Waals surface area (Å²) in [5, 5.41) is 16.4. The molecule has 4 aromatic rings. The minimum Gasteiger partial charge on any atom is -0.490 e. The van der Waals surface area contributed by atoms with Gasteiger partial charge in [0.05, 0.1) is 11.8 Å². The van der Waals surface area contributed by atoms with E-state index >= 15 is 0 Å². The van der Waals surface area contributed by atoms with Crippen LogP contribution in [0.25, 0.3) is 5.69 Å². The number of benzene rings is 2. The molecule has 13 heteroatoms. The number of H-pyrrole nitrogens is 1. The Morgan fingerprint density at radius 3 is 2.61 bits per heavy atom. The lowest BCUT2D eigenvalue weighted by atomic mass is 10.1. The van der Waals surface area contributed by atoms with Crippen LogP contribution in [0.2, 0.25) is 0 Å². The van der Waals surface area contributed by atoms with E-state index in [0.717, 1.165) is 24.5 Å². The standard InChI is InChI=1S/C23H20F3N7O3/c24-23(25,26)36-19-13-17(35-16-6-7-16)8-9-18(19)28-21-22(34)33(12-11-27-21)15-4-1-14(2-5-15)3-10-20-29-31-32-30-20/h1-2,4-5,8-9,11-13,16H,3,6-7,10H2,(H,27,28)(H,29,30,31,32). The Hall–Kier alpha value is -4.42. The second-order valence-electron chi connectivity index (χ2n) is 8.09. The van der Waals surface area contributed by atoms with Crippen molar-refractivity contribution in [2.45, 2.75) is 38.1 Å². The molecule has 1 saturated carbocycles. The van der Waals surface area contributed by atoms with Crippen molar-refractivity contribution >= 4 is 11.5 Å². The maximum absolute atomic E-state index is 13.1. The van der Waals surface area contributed by atoms with Crippen LogP contribution in [0.1, 0.15) is 24.2 Å². The monoisotopic (exact) mass is 499 g/mol. The van der Waals surface area contributed by atoms with E-state index in [2.05, 4.69) is 35.7 Å². The number of ether oxygens (including phenoxy) is 2. The number of halogens is 3. The van der Waals surface area contributed by atoms with E-state index in [4.69, 9.17) is 4.74 Å². The molecule has 0 bridgehead atoms. The van der Waals surface area contributed by atoms with E-state index < -0.39 is 17.7 Å². The molecule has 0 radical (unpaired) electrons.